The highest BCUT2D eigenvalue weighted by molar-refractivity contribution is 7.89. The summed E-state index contributed by atoms with van der Waals surface area (Å²) in [5.74, 6) is 0.736. The van der Waals surface area contributed by atoms with Gasteiger partial charge in [-0.25, -0.2) is 23.4 Å². The Morgan fingerprint density at radius 3 is 2.20 bits per heavy atom. The fourth-order valence-electron chi connectivity index (χ4n) is 2.71. The molecule has 0 amide bonds. The number of alkyl halides is 3. The smallest absolute Gasteiger partial charge is 0.243 e. The summed E-state index contributed by atoms with van der Waals surface area (Å²) in [6.45, 7) is 0.488. The van der Waals surface area contributed by atoms with Crippen LogP contribution in [0.5, 0.6) is 0 Å². The molecule has 1 fully saturated rings. The highest BCUT2D eigenvalue weighted by Crippen LogP contribution is 2.31. The second-order valence-electron chi connectivity index (χ2n) is 5.67. The quantitative estimate of drug-likeness (QED) is 0.827. The van der Waals surface area contributed by atoms with Crippen LogP contribution in [0.1, 0.15) is 30.1 Å². The van der Waals surface area contributed by atoms with Crippen molar-refractivity contribution < 1.29 is 21.6 Å². The van der Waals surface area contributed by atoms with Gasteiger partial charge in [0, 0.05) is 37.6 Å². The van der Waals surface area contributed by atoms with Crippen molar-refractivity contribution in [3.8, 4) is 0 Å². The first-order chi connectivity index (χ1) is 11.8. The maximum atomic E-state index is 12.6. The van der Waals surface area contributed by atoms with Crippen molar-refractivity contribution in [3.05, 3.63) is 48.2 Å². The Morgan fingerprint density at radius 2 is 1.68 bits per heavy atom. The Kier molecular flexibility index (Phi) is 4.74. The summed E-state index contributed by atoms with van der Waals surface area (Å²) in [6, 6.07) is 3.33. The first-order valence-corrected chi connectivity index (χ1v) is 9.03. The molecule has 1 aliphatic rings. The second kappa shape index (κ2) is 6.68. The van der Waals surface area contributed by atoms with E-state index >= 15 is 0 Å². The highest BCUT2D eigenvalue weighted by atomic mass is 32.2. The van der Waals surface area contributed by atoms with Crippen LogP contribution in [-0.2, 0) is 16.2 Å². The SMILES string of the molecule is O=S(=O)(c1ccc(C(F)(F)F)cn1)N1CCC(c2ncccn2)CC1. The third-order valence-corrected chi connectivity index (χ3v) is 5.89. The average Bonchev–Trinajstić information content (AvgIpc) is 2.62. The molecule has 0 saturated carbocycles. The van der Waals surface area contributed by atoms with Gasteiger partial charge in [-0.3, -0.25) is 0 Å². The van der Waals surface area contributed by atoms with Crippen molar-refractivity contribution in [3.63, 3.8) is 0 Å². The molecule has 1 saturated heterocycles. The molecule has 134 valence electrons. The van der Waals surface area contributed by atoms with Crippen LogP contribution in [0.15, 0.2) is 41.8 Å². The van der Waals surface area contributed by atoms with E-state index in [1.54, 1.807) is 18.5 Å². The van der Waals surface area contributed by atoms with Crippen LogP contribution >= 0.6 is 0 Å². The molecule has 0 spiro atoms. The third kappa shape index (κ3) is 3.79. The van der Waals surface area contributed by atoms with Gasteiger partial charge < -0.3 is 0 Å². The number of rotatable bonds is 3. The molecular formula is C15H15F3N4O2S. The molecule has 0 radical (unpaired) electrons. The van der Waals surface area contributed by atoms with Gasteiger partial charge in [-0.2, -0.15) is 17.5 Å². The molecule has 0 N–H and O–H groups in total. The summed E-state index contributed by atoms with van der Waals surface area (Å²) >= 11 is 0. The summed E-state index contributed by atoms with van der Waals surface area (Å²) < 4.78 is 64.0. The molecular weight excluding hydrogens is 357 g/mol. The highest BCUT2D eigenvalue weighted by Gasteiger charge is 2.34. The zero-order valence-electron chi connectivity index (χ0n) is 13.0. The van der Waals surface area contributed by atoms with Crippen LogP contribution in [0.25, 0.3) is 0 Å². The van der Waals surface area contributed by atoms with E-state index in [1.807, 2.05) is 0 Å². The molecule has 0 bridgehead atoms. The Balaban J connectivity index is 1.72. The van der Waals surface area contributed by atoms with Gasteiger partial charge >= 0.3 is 6.18 Å². The number of sulfonamides is 1. The molecule has 2 aromatic rings. The Bertz CT molecular complexity index is 818. The lowest BCUT2D eigenvalue weighted by molar-refractivity contribution is -0.137. The summed E-state index contributed by atoms with van der Waals surface area (Å²) in [5, 5.41) is -0.380. The molecule has 3 rings (SSSR count). The lowest BCUT2D eigenvalue weighted by Gasteiger charge is -2.30. The minimum absolute atomic E-state index is 0.0632. The number of nitrogens with zero attached hydrogens (tertiary/aromatic N) is 4. The summed E-state index contributed by atoms with van der Waals surface area (Å²) in [4.78, 5) is 11.9. The first kappa shape index (κ1) is 17.7. The Labute approximate surface area is 142 Å². The summed E-state index contributed by atoms with van der Waals surface area (Å²) in [7, 11) is -3.92. The van der Waals surface area contributed by atoms with Crippen LogP contribution < -0.4 is 0 Å². The van der Waals surface area contributed by atoms with Gasteiger partial charge in [0.2, 0.25) is 0 Å². The number of pyridine rings is 1. The molecule has 0 atom stereocenters. The topological polar surface area (TPSA) is 76.1 Å². The van der Waals surface area contributed by atoms with Crippen LogP contribution in [0, 0.1) is 0 Å². The predicted molar refractivity (Wildman–Crippen MR) is 82.0 cm³/mol. The molecule has 0 aromatic carbocycles. The summed E-state index contributed by atoms with van der Waals surface area (Å²) in [5.41, 5.74) is -0.980. The second-order valence-corrected chi connectivity index (χ2v) is 7.55. The van der Waals surface area contributed by atoms with Crippen molar-refractivity contribution in [1.82, 2.24) is 19.3 Å². The number of hydrogen-bond acceptors (Lipinski definition) is 5. The van der Waals surface area contributed by atoms with Crippen LogP contribution in [0.4, 0.5) is 13.2 Å². The van der Waals surface area contributed by atoms with E-state index in [-0.39, 0.29) is 24.0 Å². The predicted octanol–water partition coefficient (Wildman–Crippen LogP) is 2.46. The lowest BCUT2D eigenvalue weighted by atomic mass is 9.97. The standard InChI is InChI=1S/C15H15F3N4O2S/c16-15(17,18)12-2-3-13(21-10-12)25(23,24)22-8-4-11(5-9-22)14-19-6-1-7-20-14/h1-3,6-7,10-11H,4-5,8-9H2. The monoisotopic (exact) mass is 372 g/mol. The van der Waals surface area contributed by atoms with Crippen molar-refractivity contribution in [2.75, 3.05) is 13.1 Å². The molecule has 6 nitrogen and oxygen atoms in total. The Hall–Kier alpha value is -2.07. The van der Waals surface area contributed by atoms with Crippen LogP contribution in [-0.4, -0.2) is 40.8 Å². The van der Waals surface area contributed by atoms with E-state index < -0.39 is 21.8 Å². The number of hydrogen-bond donors (Lipinski definition) is 0. The van der Waals surface area contributed by atoms with Crippen LogP contribution in [0.2, 0.25) is 0 Å². The van der Waals surface area contributed by atoms with Crippen molar-refractivity contribution in [2.24, 2.45) is 0 Å². The van der Waals surface area contributed by atoms with Gasteiger partial charge in [0.1, 0.15) is 5.82 Å². The molecule has 10 heteroatoms. The van der Waals surface area contributed by atoms with E-state index in [2.05, 4.69) is 15.0 Å². The average molecular weight is 372 g/mol. The normalized spacial score (nSPS) is 17.6. The minimum atomic E-state index is -4.55. The number of aromatic nitrogens is 3. The van der Waals surface area contributed by atoms with E-state index in [0.29, 0.717) is 24.9 Å². The maximum Gasteiger partial charge on any atom is 0.417 e. The van der Waals surface area contributed by atoms with E-state index in [9.17, 15) is 21.6 Å². The van der Waals surface area contributed by atoms with E-state index in [0.717, 1.165) is 12.1 Å². The molecule has 3 heterocycles. The van der Waals surface area contributed by atoms with Gasteiger partial charge in [0.25, 0.3) is 10.0 Å². The molecule has 0 unspecified atom stereocenters. The largest absolute Gasteiger partial charge is 0.417 e. The Morgan fingerprint density at radius 1 is 1.04 bits per heavy atom. The van der Waals surface area contributed by atoms with Crippen molar-refractivity contribution >= 4 is 10.0 Å². The molecule has 1 aliphatic heterocycles. The first-order valence-electron chi connectivity index (χ1n) is 7.59. The van der Waals surface area contributed by atoms with Gasteiger partial charge in [-0.15, -0.1) is 0 Å². The fourth-order valence-corrected chi connectivity index (χ4v) is 4.09. The van der Waals surface area contributed by atoms with Gasteiger partial charge in [0.05, 0.1) is 5.56 Å². The zero-order valence-corrected chi connectivity index (χ0v) is 13.8. The third-order valence-electron chi connectivity index (χ3n) is 4.07. The van der Waals surface area contributed by atoms with E-state index in [1.165, 1.54) is 4.31 Å². The van der Waals surface area contributed by atoms with Gasteiger partial charge in [-0.1, -0.05) is 0 Å². The summed E-state index contributed by atoms with van der Waals surface area (Å²) in [6.07, 6.45) is 0.351. The minimum Gasteiger partial charge on any atom is -0.243 e. The van der Waals surface area contributed by atoms with Crippen molar-refractivity contribution in [1.29, 1.82) is 0 Å². The maximum absolute atomic E-state index is 12.6. The van der Waals surface area contributed by atoms with Crippen LogP contribution in [0.3, 0.4) is 0 Å². The molecule has 25 heavy (non-hydrogen) atoms. The number of halogens is 3. The zero-order chi connectivity index (χ0) is 18.1. The fraction of sp³-hybridized carbons (Fsp3) is 0.400. The van der Waals surface area contributed by atoms with Gasteiger partial charge in [-0.05, 0) is 31.0 Å². The molecule has 0 aliphatic carbocycles. The molecule has 2 aromatic heterocycles. The van der Waals surface area contributed by atoms with Gasteiger partial charge in [0.15, 0.2) is 5.03 Å². The lowest BCUT2D eigenvalue weighted by Crippen LogP contribution is -2.38. The number of piperidine rings is 1. The van der Waals surface area contributed by atoms with Crippen molar-refractivity contribution in [2.45, 2.75) is 30.0 Å². The van der Waals surface area contributed by atoms with E-state index in [4.69, 9.17) is 0 Å².